The first-order chi connectivity index (χ1) is 11.4. The number of halogens is 2. The highest BCUT2D eigenvalue weighted by atomic mass is 35.5. The molecule has 1 fully saturated rings. The van der Waals surface area contributed by atoms with E-state index in [1.165, 1.54) is 11.3 Å². The number of aromatic nitrogens is 1. The first-order valence-corrected chi connectivity index (χ1v) is 8.95. The summed E-state index contributed by atoms with van der Waals surface area (Å²) < 4.78 is 4.98. The Morgan fingerprint density at radius 1 is 1.38 bits per heavy atom. The summed E-state index contributed by atoms with van der Waals surface area (Å²) in [5, 5.41) is 5.75. The Labute approximate surface area is 152 Å². The second-order valence-corrected chi connectivity index (χ2v) is 7.31. The fourth-order valence-electron chi connectivity index (χ4n) is 2.17. The van der Waals surface area contributed by atoms with Crippen molar-refractivity contribution in [3.63, 3.8) is 0 Å². The number of carbonyl (C=O) groups is 2. The summed E-state index contributed by atoms with van der Waals surface area (Å²) in [5.41, 5.74) is 1.48. The molecule has 0 saturated heterocycles. The lowest BCUT2D eigenvalue weighted by atomic mass is 10.2. The molecule has 1 heterocycles. The third-order valence-electron chi connectivity index (χ3n) is 3.72. The molecule has 1 aromatic heterocycles. The van der Waals surface area contributed by atoms with Gasteiger partial charge in [-0.05, 0) is 24.5 Å². The maximum atomic E-state index is 11.8. The number of hydrogen-bond acceptors (Lipinski definition) is 5. The largest absolute Gasteiger partial charge is 0.455 e. The standard InChI is InChI=1S/C16H14Cl2N2O3S/c1-8-4-10(8)15(22)23-6-14(21)20-16-19-13(7-24-16)9-2-3-11(17)12(18)5-9/h2-3,5,7-8,10H,4,6H2,1H3,(H,19,20,21)/t8-,10+/m0/s1. The first-order valence-electron chi connectivity index (χ1n) is 7.31. The molecular formula is C16H14Cl2N2O3S. The Kier molecular flexibility index (Phi) is 5.08. The van der Waals surface area contributed by atoms with Crippen LogP contribution in [0.15, 0.2) is 23.6 Å². The number of hydrogen-bond donors (Lipinski definition) is 1. The zero-order chi connectivity index (χ0) is 17.3. The van der Waals surface area contributed by atoms with Crippen LogP contribution in [-0.2, 0) is 14.3 Å². The maximum Gasteiger partial charge on any atom is 0.309 e. The summed E-state index contributed by atoms with van der Waals surface area (Å²) in [7, 11) is 0. The molecule has 1 aliphatic carbocycles. The van der Waals surface area contributed by atoms with Crippen molar-refractivity contribution >= 4 is 51.5 Å². The predicted octanol–water partition coefficient (Wildman–Crippen LogP) is 4.25. The van der Waals surface area contributed by atoms with E-state index in [2.05, 4.69) is 10.3 Å². The Hall–Kier alpha value is -1.63. The maximum absolute atomic E-state index is 11.8. The van der Waals surface area contributed by atoms with Crippen LogP contribution in [-0.4, -0.2) is 23.5 Å². The van der Waals surface area contributed by atoms with Crippen molar-refractivity contribution in [3.8, 4) is 11.3 Å². The molecule has 0 radical (unpaired) electrons. The molecule has 1 N–H and O–H groups in total. The number of ether oxygens (including phenoxy) is 1. The van der Waals surface area contributed by atoms with E-state index in [1.807, 2.05) is 6.92 Å². The zero-order valence-corrected chi connectivity index (χ0v) is 15.0. The van der Waals surface area contributed by atoms with Gasteiger partial charge < -0.3 is 4.74 Å². The summed E-state index contributed by atoms with van der Waals surface area (Å²) in [6.07, 6.45) is 0.833. The van der Waals surface area contributed by atoms with Crippen LogP contribution in [0.4, 0.5) is 5.13 Å². The van der Waals surface area contributed by atoms with Crippen molar-refractivity contribution in [1.29, 1.82) is 0 Å². The van der Waals surface area contributed by atoms with Gasteiger partial charge in [-0.1, -0.05) is 36.2 Å². The number of carbonyl (C=O) groups excluding carboxylic acids is 2. The van der Waals surface area contributed by atoms with Gasteiger partial charge in [0.2, 0.25) is 0 Å². The van der Waals surface area contributed by atoms with Crippen molar-refractivity contribution in [3.05, 3.63) is 33.6 Å². The normalized spacial score (nSPS) is 19.0. The lowest BCUT2D eigenvalue weighted by Gasteiger charge is -2.04. The highest BCUT2D eigenvalue weighted by Crippen LogP contribution is 2.38. The van der Waals surface area contributed by atoms with E-state index in [9.17, 15) is 9.59 Å². The Bertz CT molecular complexity index is 793. The number of benzene rings is 1. The van der Waals surface area contributed by atoms with Gasteiger partial charge >= 0.3 is 5.97 Å². The van der Waals surface area contributed by atoms with Crippen LogP contribution in [0.1, 0.15) is 13.3 Å². The monoisotopic (exact) mass is 384 g/mol. The fourth-order valence-corrected chi connectivity index (χ4v) is 3.20. The van der Waals surface area contributed by atoms with Gasteiger partial charge in [0, 0.05) is 10.9 Å². The molecule has 0 bridgehead atoms. The summed E-state index contributed by atoms with van der Waals surface area (Å²) in [5.74, 6) is -0.424. The molecule has 3 rings (SSSR count). The van der Waals surface area contributed by atoms with E-state index in [1.54, 1.807) is 23.6 Å². The highest BCUT2D eigenvalue weighted by molar-refractivity contribution is 7.14. The van der Waals surface area contributed by atoms with E-state index < -0.39 is 5.91 Å². The highest BCUT2D eigenvalue weighted by Gasteiger charge is 2.40. The van der Waals surface area contributed by atoms with Crippen LogP contribution >= 0.6 is 34.5 Å². The number of anilines is 1. The third kappa shape index (κ3) is 4.06. The van der Waals surface area contributed by atoms with E-state index in [0.29, 0.717) is 26.8 Å². The summed E-state index contributed by atoms with van der Waals surface area (Å²) in [6, 6.07) is 5.20. The Morgan fingerprint density at radius 2 is 2.12 bits per heavy atom. The number of thiazole rings is 1. The zero-order valence-electron chi connectivity index (χ0n) is 12.7. The molecule has 24 heavy (non-hydrogen) atoms. The molecule has 1 aromatic carbocycles. The second kappa shape index (κ2) is 7.09. The molecule has 5 nitrogen and oxygen atoms in total. The average molecular weight is 385 g/mol. The van der Waals surface area contributed by atoms with Gasteiger partial charge in [-0.25, -0.2) is 4.98 Å². The smallest absolute Gasteiger partial charge is 0.309 e. The SMILES string of the molecule is C[C@H]1C[C@H]1C(=O)OCC(=O)Nc1nc(-c2ccc(Cl)c(Cl)c2)cs1. The van der Waals surface area contributed by atoms with Crippen molar-refractivity contribution in [2.45, 2.75) is 13.3 Å². The van der Waals surface area contributed by atoms with E-state index in [4.69, 9.17) is 27.9 Å². The molecule has 0 unspecified atom stereocenters. The minimum atomic E-state index is -0.410. The Balaban J connectivity index is 1.56. The average Bonchev–Trinajstić information content (AvgIpc) is 3.10. The lowest BCUT2D eigenvalue weighted by Crippen LogP contribution is -2.21. The Morgan fingerprint density at radius 3 is 2.79 bits per heavy atom. The van der Waals surface area contributed by atoms with E-state index in [-0.39, 0.29) is 18.5 Å². The summed E-state index contributed by atoms with van der Waals surface area (Å²) in [6.45, 7) is 1.68. The van der Waals surface area contributed by atoms with Crippen LogP contribution in [0, 0.1) is 11.8 Å². The van der Waals surface area contributed by atoms with Crippen molar-refractivity contribution in [2.24, 2.45) is 11.8 Å². The van der Waals surface area contributed by atoms with E-state index in [0.717, 1.165) is 12.0 Å². The van der Waals surface area contributed by atoms with Crippen molar-refractivity contribution in [2.75, 3.05) is 11.9 Å². The van der Waals surface area contributed by atoms with Crippen LogP contribution in [0.2, 0.25) is 10.0 Å². The van der Waals surface area contributed by atoms with Crippen molar-refractivity contribution < 1.29 is 14.3 Å². The number of nitrogens with zero attached hydrogens (tertiary/aromatic N) is 1. The molecule has 1 aliphatic rings. The fraction of sp³-hybridized carbons (Fsp3) is 0.312. The minimum absolute atomic E-state index is 0.0566. The number of rotatable bonds is 5. The lowest BCUT2D eigenvalue weighted by molar-refractivity contribution is -0.148. The topological polar surface area (TPSA) is 68.3 Å². The van der Waals surface area contributed by atoms with Crippen molar-refractivity contribution in [1.82, 2.24) is 4.98 Å². The van der Waals surface area contributed by atoms with Gasteiger partial charge in [0.05, 0.1) is 21.7 Å². The van der Waals surface area contributed by atoms with Gasteiger partial charge in [-0.15, -0.1) is 11.3 Å². The molecule has 126 valence electrons. The molecule has 2 atom stereocenters. The quantitative estimate of drug-likeness (QED) is 0.782. The molecule has 0 aliphatic heterocycles. The van der Waals surface area contributed by atoms with Gasteiger partial charge in [-0.3, -0.25) is 14.9 Å². The molecule has 2 aromatic rings. The molecule has 1 amide bonds. The van der Waals surface area contributed by atoms with Gasteiger partial charge in [0.25, 0.3) is 5.91 Å². The van der Waals surface area contributed by atoms with Crippen LogP contribution < -0.4 is 5.32 Å². The molecular weight excluding hydrogens is 371 g/mol. The van der Waals surface area contributed by atoms with Gasteiger partial charge in [0.1, 0.15) is 0 Å². The predicted molar refractivity (Wildman–Crippen MR) is 94.4 cm³/mol. The molecule has 0 spiro atoms. The van der Waals surface area contributed by atoms with E-state index >= 15 is 0 Å². The van der Waals surface area contributed by atoms with Crippen LogP contribution in [0.5, 0.6) is 0 Å². The molecule has 1 saturated carbocycles. The summed E-state index contributed by atoms with van der Waals surface area (Å²) >= 11 is 13.2. The minimum Gasteiger partial charge on any atom is -0.455 e. The first kappa shape index (κ1) is 17.2. The number of nitrogens with one attached hydrogen (secondary N) is 1. The van der Waals surface area contributed by atoms with Gasteiger partial charge in [0.15, 0.2) is 11.7 Å². The molecule has 8 heteroatoms. The van der Waals surface area contributed by atoms with Crippen LogP contribution in [0.3, 0.4) is 0 Å². The van der Waals surface area contributed by atoms with Gasteiger partial charge in [-0.2, -0.15) is 0 Å². The second-order valence-electron chi connectivity index (χ2n) is 5.64. The number of amides is 1. The van der Waals surface area contributed by atoms with Crippen LogP contribution in [0.25, 0.3) is 11.3 Å². The third-order valence-corrected chi connectivity index (χ3v) is 5.22. The summed E-state index contributed by atoms with van der Waals surface area (Å²) in [4.78, 5) is 27.7. The number of esters is 1.